The van der Waals surface area contributed by atoms with Crippen molar-refractivity contribution in [3.05, 3.63) is 47.6 Å². The monoisotopic (exact) mass is 274 g/mol. The molecule has 1 atom stereocenters. The predicted octanol–water partition coefficient (Wildman–Crippen LogP) is 1.81. The molecule has 0 aliphatic heterocycles. The minimum atomic E-state index is 0.00771. The average molecular weight is 274 g/mol. The highest BCUT2D eigenvalue weighted by molar-refractivity contribution is 5.18. The summed E-state index contributed by atoms with van der Waals surface area (Å²) in [6.45, 7) is 0.919. The first-order valence-electron chi connectivity index (χ1n) is 6.92. The van der Waals surface area contributed by atoms with Crippen molar-refractivity contribution in [3.8, 4) is 0 Å². The van der Waals surface area contributed by atoms with Crippen LogP contribution in [0.1, 0.15) is 29.7 Å². The molecule has 0 saturated carbocycles. The van der Waals surface area contributed by atoms with Crippen molar-refractivity contribution in [2.75, 3.05) is 20.6 Å². The van der Waals surface area contributed by atoms with Crippen molar-refractivity contribution in [1.82, 2.24) is 15.0 Å². The van der Waals surface area contributed by atoms with Crippen LogP contribution in [-0.4, -0.2) is 35.7 Å². The molecule has 20 heavy (non-hydrogen) atoms. The van der Waals surface area contributed by atoms with Gasteiger partial charge in [-0.2, -0.15) is 4.98 Å². The molecule has 5 nitrogen and oxygen atoms in total. The van der Waals surface area contributed by atoms with Crippen molar-refractivity contribution < 1.29 is 4.52 Å². The molecular formula is C15H22N4O. The van der Waals surface area contributed by atoms with Crippen molar-refractivity contribution in [3.63, 3.8) is 0 Å². The molecular weight excluding hydrogens is 252 g/mol. The van der Waals surface area contributed by atoms with E-state index in [1.54, 1.807) is 0 Å². The number of aryl methyl sites for hydroxylation is 1. The van der Waals surface area contributed by atoms with Crippen LogP contribution in [0.5, 0.6) is 0 Å². The first kappa shape index (κ1) is 14.7. The van der Waals surface area contributed by atoms with Crippen molar-refractivity contribution in [2.45, 2.75) is 25.3 Å². The first-order chi connectivity index (χ1) is 9.65. The zero-order chi connectivity index (χ0) is 14.4. The predicted molar refractivity (Wildman–Crippen MR) is 78.2 cm³/mol. The summed E-state index contributed by atoms with van der Waals surface area (Å²) in [4.78, 5) is 6.49. The second-order valence-electron chi connectivity index (χ2n) is 5.21. The van der Waals surface area contributed by atoms with Gasteiger partial charge in [-0.05, 0) is 26.1 Å². The fourth-order valence-corrected chi connectivity index (χ4v) is 1.96. The molecule has 0 aliphatic rings. The van der Waals surface area contributed by atoms with Gasteiger partial charge in [0.25, 0.3) is 0 Å². The fourth-order valence-electron chi connectivity index (χ4n) is 1.96. The zero-order valence-corrected chi connectivity index (χ0v) is 12.1. The number of hydrogen-bond acceptors (Lipinski definition) is 5. The molecule has 2 rings (SSSR count). The van der Waals surface area contributed by atoms with Crippen LogP contribution in [0.2, 0.25) is 0 Å². The van der Waals surface area contributed by atoms with E-state index in [1.807, 2.05) is 44.4 Å². The van der Waals surface area contributed by atoms with E-state index in [1.165, 1.54) is 0 Å². The molecule has 0 aliphatic carbocycles. The molecule has 0 radical (unpaired) electrons. The molecule has 108 valence electrons. The highest BCUT2D eigenvalue weighted by atomic mass is 16.5. The zero-order valence-electron chi connectivity index (χ0n) is 12.1. The number of likely N-dealkylation sites (N-methyl/N-ethyl adjacent to an activating group) is 1. The topological polar surface area (TPSA) is 68.2 Å². The van der Waals surface area contributed by atoms with Gasteiger partial charge in [0.1, 0.15) is 0 Å². The molecule has 1 aromatic heterocycles. The summed E-state index contributed by atoms with van der Waals surface area (Å²) >= 11 is 0. The Labute approximate surface area is 119 Å². The van der Waals surface area contributed by atoms with Gasteiger partial charge in [-0.1, -0.05) is 35.5 Å². The molecule has 2 N–H and O–H groups in total. The number of benzene rings is 1. The Hall–Kier alpha value is -1.72. The minimum Gasteiger partial charge on any atom is -0.339 e. The first-order valence-corrected chi connectivity index (χ1v) is 6.92. The minimum absolute atomic E-state index is 0.00771. The summed E-state index contributed by atoms with van der Waals surface area (Å²) in [5.41, 5.74) is 7.29. The van der Waals surface area contributed by atoms with Crippen LogP contribution in [0.4, 0.5) is 0 Å². The van der Waals surface area contributed by atoms with Gasteiger partial charge in [0, 0.05) is 25.4 Å². The molecule has 1 aromatic carbocycles. The maximum absolute atomic E-state index is 6.15. The van der Waals surface area contributed by atoms with Crippen molar-refractivity contribution in [1.29, 1.82) is 0 Å². The lowest BCUT2D eigenvalue weighted by Crippen LogP contribution is -2.15. The van der Waals surface area contributed by atoms with E-state index in [9.17, 15) is 0 Å². The Kier molecular flexibility index (Phi) is 5.26. The lowest BCUT2D eigenvalue weighted by atomic mass is 10.0. The molecule has 0 amide bonds. The molecule has 5 heteroatoms. The Morgan fingerprint density at radius 1 is 1.20 bits per heavy atom. The van der Waals surface area contributed by atoms with Gasteiger partial charge in [0.05, 0.1) is 0 Å². The fraction of sp³-hybridized carbons (Fsp3) is 0.467. The molecule has 0 saturated heterocycles. The highest BCUT2D eigenvalue weighted by Crippen LogP contribution is 2.15. The normalized spacial score (nSPS) is 12.8. The SMILES string of the molecule is CN(C)CCc1noc(CCC(N)c2ccccc2)n1. The molecule has 2 aromatic rings. The number of aromatic nitrogens is 2. The van der Waals surface area contributed by atoms with Crippen LogP contribution < -0.4 is 5.73 Å². The van der Waals surface area contributed by atoms with Crippen molar-refractivity contribution >= 4 is 0 Å². The number of nitrogens with zero attached hydrogens (tertiary/aromatic N) is 3. The quantitative estimate of drug-likeness (QED) is 0.834. The molecule has 1 heterocycles. The van der Waals surface area contributed by atoms with Gasteiger partial charge in [-0.15, -0.1) is 0 Å². The van der Waals surface area contributed by atoms with E-state index in [4.69, 9.17) is 10.3 Å². The lowest BCUT2D eigenvalue weighted by molar-refractivity contribution is 0.360. The standard InChI is InChI=1S/C15H22N4O/c1-19(2)11-10-14-17-15(20-18-14)9-8-13(16)12-6-4-3-5-7-12/h3-7,13H,8-11,16H2,1-2H3. The van der Waals surface area contributed by atoms with E-state index in [0.29, 0.717) is 12.3 Å². The van der Waals surface area contributed by atoms with E-state index in [0.717, 1.165) is 30.8 Å². The second kappa shape index (κ2) is 7.17. The summed E-state index contributed by atoms with van der Waals surface area (Å²) in [5.74, 6) is 1.44. The largest absolute Gasteiger partial charge is 0.339 e. The summed E-state index contributed by atoms with van der Waals surface area (Å²) in [5, 5.41) is 3.99. The Morgan fingerprint density at radius 3 is 2.65 bits per heavy atom. The lowest BCUT2D eigenvalue weighted by Gasteiger charge is -2.09. The second-order valence-corrected chi connectivity index (χ2v) is 5.21. The Bertz CT molecular complexity index is 510. The molecule has 0 fully saturated rings. The van der Waals surface area contributed by atoms with Crippen molar-refractivity contribution in [2.24, 2.45) is 5.73 Å². The maximum atomic E-state index is 6.15. The van der Waals surface area contributed by atoms with Gasteiger partial charge >= 0.3 is 0 Å². The van der Waals surface area contributed by atoms with Gasteiger partial charge < -0.3 is 15.2 Å². The highest BCUT2D eigenvalue weighted by Gasteiger charge is 2.10. The number of nitrogens with two attached hydrogens (primary N) is 1. The van der Waals surface area contributed by atoms with Gasteiger partial charge in [-0.3, -0.25) is 0 Å². The summed E-state index contributed by atoms with van der Waals surface area (Å²) in [6.07, 6.45) is 2.32. The third-order valence-corrected chi connectivity index (χ3v) is 3.19. The Balaban J connectivity index is 1.82. The molecule has 1 unspecified atom stereocenters. The third kappa shape index (κ3) is 4.43. The maximum Gasteiger partial charge on any atom is 0.226 e. The smallest absolute Gasteiger partial charge is 0.226 e. The van der Waals surface area contributed by atoms with Gasteiger partial charge in [-0.25, -0.2) is 0 Å². The van der Waals surface area contributed by atoms with Crippen LogP contribution in [0, 0.1) is 0 Å². The molecule has 0 spiro atoms. The van der Waals surface area contributed by atoms with Crippen LogP contribution in [-0.2, 0) is 12.8 Å². The Morgan fingerprint density at radius 2 is 1.95 bits per heavy atom. The van der Waals surface area contributed by atoms with Gasteiger partial charge in [0.2, 0.25) is 5.89 Å². The summed E-state index contributed by atoms with van der Waals surface area (Å²) in [6, 6.07) is 10.1. The average Bonchev–Trinajstić information content (AvgIpc) is 2.91. The summed E-state index contributed by atoms with van der Waals surface area (Å²) in [7, 11) is 4.06. The van der Waals surface area contributed by atoms with Crippen LogP contribution in [0.15, 0.2) is 34.9 Å². The van der Waals surface area contributed by atoms with E-state index < -0.39 is 0 Å². The van der Waals surface area contributed by atoms with Crippen LogP contribution in [0.25, 0.3) is 0 Å². The van der Waals surface area contributed by atoms with Gasteiger partial charge in [0.15, 0.2) is 5.82 Å². The third-order valence-electron chi connectivity index (χ3n) is 3.19. The molecule has 0 bridgehead atoms. The van der Waals surface area contributed by atoms with E-state index >= 15 is 0 Å². The van der Waals surface area contributed by atoms with E-state index in [2.05, 4.69) is 15.0 Å². The van der Waals surface area contributed by atoms with Crippen LogP contribution in [0.3, 0.4) is 0 Å². The number of rotatable bonds is 7. The van der Waals surface area contributed by atoms with E-state index in [-0.39, 0.29) is 6.04 Å². The number of hydrogen-bond donors (Lipinski definition) is 1. The van der Waals surface area contributed by atoms with Crippen LogP contribution >= 0.6 is 0 Å². The summed E-state index contributed by atoms with van der Waals surface area (Å²) < 4.78 is 5.25.